The van der Waals surface area contributed by atoms with E-state index < -0.39 is 17.5 Å². The van der Waals surface area contributed by atoms with Gasteiger partial charge in [0, 0.05) is 10.7 Å². The minimum Gasteiger partial charge on any atom is -0.485 e. The number of carbonyl (C=O) groups excluding carboxylic acids is 1. The van der Waals surface area contributed by atoms with Gasteiger partial charge in [0.25, 0.3) is 5.91 Å². The molecule has 0 aliphatic carbocycles. The maximum absolute atomic E-state index is 14.0. The molecule has 2 heterocycles. The first-order valence-corrected chi connectivity index (χ1v) is 10.5. The molecule has 32 heavy (non-hydrogen) atoms. The van der Waals surface area contributed by atoms with Gasteiger partial charge in [0.2, 0.25) is 0 Å². The number of benzene rings is 2. The molecule has 4 rings (SSSR count). The van der Waals surface area contributed by atoms with Crippen LogP contribution in [-0.4, -0.2) is 15.3 Å². The number of hydrogen-bond acceptors (Lipinski definition) is 4. The average Bonchev–Trinajstić information content (AvgIpc) is 3.07. The number of fused-ring (bicyclic) bond motifs is 1. The summed E-state index contributed by atoms with van der Waals surface area (Å²) in [6.07, 6.45) is 1.75. The second-order valence-electron chi connectivity index (χ2n) is 7.20. The molecule has 0 bridgehead atoms. The van der Waals surface area contributed by atoms with Crippen LogP contribution in [0.4, 0.5) is 14.5 Å². The molecule has 6 nitrogen and oxygen atoms in total. The second-order valence-corrected chi connectivity index (χ2v) is 8.12. The van der Waals surface area contributed by atoms with Crippen molar-refractivity contribution in [3.8, 4) is 5.75 Å². The van der Waals surface area contributed by atoms with Gasteiger partial charge in [0.15, 0.2) is 11.4 Å². The van der Waals surface area contributed by atoms with E-state index in [1.165, 1.54) is 18.2 Å². The molecule has 0 unspecified atom stereocenters. The molecule has 0 atom stereocenters. The number of anilines is 1. The summed E-state index contributed by atoms with van der Waals surface area (Å²) in [5.41, 5.74) is 8.01. The van der Waals surface area contributed by atoms with E-state index in [-0.39, 0.29) is 12.2 Å². The highest BCUT2D eigenvalue weighted by atomic mass is 79.9. The van der Waals surface area contributed by atoms with Crippen LogP contribution in [0.25, 0.3) is 5.65 Å². The van der Waals surface area contributed by atoms with Gasteiger partial charge in [-0.1, -0.05) is 28.1 Å². The lowest BCUT2D eigenvalue weighted by Gasteiger charge is -2.12. The number of pyridine rings is 1. The van der Waals surface area contributed by atoms with Crippen molar-refractivity contribution in [1.29, 1.82) is 0 Å². The largest absolute Gasteiger partial charge is 0.485 e. The number of imidazole rings is 1. The molecule has 2 N–H and O–H groups in total. The van der Waals surface area contributed by atoms with Crippen LogP contribution in [-0.2, 0) is 6.61 Å². The quantitative estimate of drug-likeness (QED) is 0.351. The van der Waals surface area contributed by atoms with Crippen molar-refractivity contribution in [3.05, 3.63) is 93.3 Å². The molecule has 0 spiro atoms. The Morgan fingerprint density at radius 1 is 1.12 bits per heavy atom. The van der Waals surface area contributed by atoms with E-state index >= 15 is 0 Å². The van der Waals surface area contributed by atoms with Crippen molar-refractivity contribution < 1.29 is 18.3 Å². The molecule has 9 heteroatoms. The Kier molecular flexibility index (Phi) is 6.09. The predicted molar refractivity (Wildman–Crippen MR) is 121 cm³/mol. The number of ether oxygens (including phenoxy) is 1. The summed E-state index contributed by atoms with van der Waals surface area (Å²) >= 11 is 3.38. The number of halogens is 3. The number of rotatable bonds is 6. The monoisotopic (exact) mass is 500 g/mol. The summed E-state index contributed by atoms with van der Waals surface area (Å²) in [5, 5.41) is 0. The molecule has 0 aliphatic rings. The van der Waals surface area contributed by atoms with Crippen molar-refractivity contribution in [2.24, 2.45) is 0 Å². The summed E-state index contributed by atoms with van der Waals surface area (Å²) in [7, 11) is 0. The molecule has 2 aromatic heterocycles. The predicted octanol–water partition coefficient (Wildman–Crippen LogP) is 5.33. The van der Waals surface area contributed by atoms with Crippen LogP contribution < -0.4 is 15.6 Å². The molecule has 4 aromatic rings. The number of carbonyl (C=O) groups is 1. The van der Waals surface area contributed by atoms with Gasteiger partial charge in [0.05, 0.1) is 16.9 Å². The third kappa shape index (κ3) is 4.43. The van der Waals surface area contributed by atoms with Gasteiger partial charge >= 0.3 is 0 Å². The first kappa shape index (κ1) is 21.8. The zero-order chi connectivity index (χ0) is 22.8. The lowest BCUT2D eigenvalue weighted by Crippen LogP contribution is -2.30. The van der Waals surface area contributed by atoms with E-state index in [9.17, 15) is 13.6 Å². The van der Waals surface area contributed by atoms with E-state index in [4.69, 9.17) is 4.74 Å². The molecule has 0 saturated carbocycles. The molecule has 2 aromatic carbocycles. The second kappa shape index (κ2) is 8.96. The number of hydrazine groups is 1. The van der Waals surface area contributed by atoms with Gasteiger partial charge in [-0.25, -0.2) is 13.8 Å². The molecular formula is C23H19BrF2N4O2. The Bertz CT molecular complexity index is 1300. The van der Waals surface area contributed by atoms with Crippen LogP contribution in [0.2, 0.25) is 0 Å². The maximum atomic E-state index is 14.0. The molecule has 0 aliphatic heterocycles. The third-order valence-corrected chi connectivity index (χ3v) is 5.28. The number of nitrogens with one attached hydrogen (secondary N) is 2. The van der Waals surface area contributed by atoms with E-state index in [1.54, 1.807) is 23.6 Å². The van der Waals surface area contributed by atoms with Crippen LogP contribution in [0.15, 0.2) is 59.2 Å². The van der Waals surface area contributed by atoms with Crippen molar-refractivity contribution in [3.63, 3.8) is 0 Å². The van der Waals surface area contributed by atoms with E-state index in [0.717, 1.165) is 10.0 Å². The Labute approximate surface area is 191 Å². The first-order chi connectivity index (χ1) is 15.3. The average molecular weight is 501 g/mol. The third-order valence-electron chi connectivity index (χ3n) is 4.79. The molecular weight excluding hydrogens is 482 g/mol. The lowest BCUT2D eigenvalue weighted by atomic mass is 10.2. The lowest BCUT2D eigenvalue weighted by molar-refractivity contribution is 0.0956. The topological polar surface area (TPSA) is 67.7 Å². The van der Waals surface area contributed by atoms with Crippen LogP contribution in [0, 0.1) is 25.5 Å². The first-order valence-electron chi connectivity index (χ1n) is 9.70. The van der Waals surface area contributed by atoms with E-state index in [2.05, 4.69) is 31.8 Å². The van der Waals surface area contributed by atoms with Crippen molar-refractivity contribution >= 4 is 33.2 Å². The van der Waals surface area contributed by atoms with Gasteiger partial charge < -0.3 is 4.74 Å². The van der Waals surface area contributed by atoms with Gasteiger partial charge in [-0.05, 0) is 55.8 Å². The van der Waals surface area contributed by atoms with E-state index in [0.29, 0.717) is 28.5 Å². The number of aryl methyl sites for hydroxylation is 2. The minimum absolute atomic E-state index is 0.174. The fraction of sp³-hybridized carbons (Fsp3) is 0.130. The van der Waals surface area contributed by atoms with Crippen molar-refractivity contribution in [2.45, 2.75) is 20.5 Å². The Morgan fingerprint density at radius 3 is 2.56 bits per heavy atom. The number of aromatic nitrogens is 2. The summed E-state index contributed by atoms with van der Waals surface area (Å²) < 4.78 is 36.1. The molecule has 0 saturated heterocycles. The number of hydrogen-bond donors (Lipinski definition) is 2. The summed E-state index contributed by atoms with van der Waals surface area (Å²) in [4.78, 5) is 17.4. The highest BCUT2D eigenvalue weighted by Gasteiger charge is 2.20. The Morgan fingerprint density at radius 2 is 1.84 bits per heavy atom. The Hall–Kier alpha value is -3.46. The number of nitrogens with zero attached hydrogens (tertiary/aromatic N) is 2. The standard InChI is InChI=1S/C23H19BrF2N4O2/c1-13-9-20(32-12-17-18(25)7-4-8-19(17)26)22-27-14(2)21(30(22)11-13)23(31)29-28-16-6-3-5-15(24)10-16/h3-11,28H,12H2,1-2H3,(H,29,31). The van der Waals surface area contributed by atoms with Crippen LogP contribution in [0.1, 0.15) is 27.3 Å². The summed E-state index contributed by atoms with van der Waals surface area (Å²) in [6.45, 7) is 3.22. The van der Waals surface area contributed by atoms with Gasteiger partial charge in [0.1, 0.15) is 23.9 Å². The Balaban J connectivity index is 1.62. The van der Waals surface area contributed by atoms with Crippen LogP contribution >= 0.6 is 15.9 Å². The van der Waals surface area contributed by atoms with Crippen molar-refractivity contribution in [1.82, 2.24) is 14.8 Å². The van der Waals surface area contributed by atoms with Gasteiger partial charge in [-0.3, -0.25) is 20.0 Å². The zero-order valence-corrected chi connectivity index (χ0v) is 18.8. The highest BCUT2D eigenvalue weighted by molar-refractivity contribution is 9.10. The zero-order valence-electron chi connectivity index (χ0n) is 17.2. The molecule has 1 amide bonds. The molecule has 0 fully saturated rings. The van der Waals surface area contributed by atoms with Gasteiger partial charge in [-0.2, -0.15) is 0 Å². The summed E-state index contributed by atoms with van der Waals surface area (Å²) in [5.74, 6) is -1.46. The maximum Gasteiger partial charge on any atom is 0.288 e. The number of amides is 1. The normalized spacial score (nSPS) is 10.9. The minimum atomic E-state index is -0.688. The smallest absolute Gasteiger partial charge is 0.288 e. The fourth-order valence-corrected chi connectivity index (χ4v) is 3.71. The molecule has 0 radical (unpaired) electrons. The van der Waals surface area contributed by atoms with Crippen LogP contribution in [0.5, 0.6) is 5.75 Å². The highest BCUT2D eigenvalue weighted by Crippen LogP contribution is 2.26. The summed E-state index contributed by atoms with van der Waals surface area (Å²) in [6, 6.07) is 12.7. The fourth-order valence-electron chi connectivity index (χ4n) is 3.31. The molecule has 164 valence electrons. The van der Waals surface area contributed by atoms with Gasteiger partial charge in [-0.15, -0.1) is 0 Å². The van der Waals surface area contributed by atoms with Crippen molar-refractivity contribution in [2.75, 3.05) is 5.43 Å². The van der Waals surface area contributed by atoms with Crippen LogP contribution in [0.3, 0.4) is 0 Å². The van der Waals surface area contributed by atoms with E-state index in [1.807, 2.05) is 31.2 Å². The SMILES string of the molecule is Cc1cc(OCc2c(F)cccc2F)c2nc(C)c(C(=O)NNc3cccc(Br)c3)n2c1.